The molecule has 6 nitrogen and oxygen atoms in total. The zero-order chi connectivity index (χ0) is 17.9. The molecule has 1 aromatic heterocycles. The Bertz CT molecular complexity index is 781. The van der Waals surface area contributed by atoms with Gasteiger partial charge >= 0.3 is 0 Å². The first-order valence-corrected chi connectivity index (χ1v) is 9.06. The van der Waals surface area contributed by atoms with Crippen molar-refractivity contribution in [2.24, 2.45) is 0 Å². The number of benzene rings is 1. The first-order valence-electron chi connectivity index (χ1n) is 9.06. The lowest BCUT2D eigenvalue weighted by Crippen LogP contribution is -2.49. The van der Waals surface area contributed by atoms with Crippen molar-refractivity contribution in [3.8, 4) is 11.5 Å². The maximum atomic E-state index is 13.1. The van der Waals surface area contributed by atoms with Crippen LogP contribution in [0.5, 0.6) is 11.5 Å². The van der Waals surface area contributed by atoms with Crippen molar-refractivity contribution in [1.29, 1.82) is 0 Å². The number of fused-ring (bicyclic) bond motifs is 1. The molecular weight excluding hydrogens is 330 g/mol. The Labute approximate surface area is 153 Å². The molecule has 3 heterocycles. The molecule has 1 fully saturated rings. The molecule has 6 heteroatoms. The predicted molar refractivity (Wildman–Crippen MR) is 99.0 cm³/mol. The second-order valence-corrected chi connectivity index (χ2v) is 6.68. The molecule has 0 N–H and O–H groups in total. The Morgan fingerprint density at radius 2 is 2.08 bits per heavy atom. The molecule has 2 aromatic rings. The standard InChI is InChI=1S/C20H23N3O3/c1-22(15-6-5-11-23(14-15)18-9-2-3-10-21-18)20(24)16-7-4-8-17-19(16)26-13-12-25-17/h2-4,7-10,15H,5-6,11-14H2,1H3/t15-/m0/s1. The van der Waals surface area contributed by atoms with Gasteiger partial charge in [0.05, 0.1) is 5.56 Å². The second kappa shape index (κ2) is 7.23. The van der Waals surface area contributed by atoms with Crippen molar-refractivity contribution in [1.82, 2.24) is 9.88 Å². The highest BCUT2D eigenvalue weighted by Crippen LogP contribution is 2.34. The lowest BCUT2D eigenvalue weighted by atomic mass is 10.0. The number of nitrogens with zero attached hydrogens (tertiary/aromatic N) is 3. The number of hydrogen-bond acceptors (Lipinski definition) is 5. The summed E-state index contributed by atoms with van der Waals surface area (Å²) in [5, 5.41) is 0. The van der Waals surface area contributed by atoms with Gasteiger partial charge in [-0.2, -0.15) is 0 Å². The van der Waals surface area contributed by atoms with E-state index in [-0.39, 0.29) is 11.9 Å². The number of piperidine rings is 1. The molecule has 26 heavy (non-hydrogen) atoms. The summed E-state index contributed by atoms with van der Waals surface area (Å²) in [7, 11) is 1.87. The van der Waals surface area contributed by atoms with Crippen LogP contribution in [0.4, 0.5) is 5.82 Å². The second-order valence-electron chi connectivity index (χ2n) is 6.68. The van der Waals surface area contributed by atoms with E-state index in [0.29, 0.717) is 30.3 Å². The molecule has 1 aromatic carbocycles. The monoisotopic (exact) mass is 353 g/mol. The van der Waals surface area contributed by atoms with Crippen LogP contribution in [-0.2, 0) is 0 Å². The SMILES string of the molecule is CN(C(=O)c1cccc2c1OCCO2)[C@H]1CCCN(c2ccccn2)C1. The lowest BCUT2D eigenvalue weighted by Gasteiger charge is -2.38. The van der Waals surface area contributed by atoms with Gasteiger partial charge in [-0.25, -0.2) is 4.98 Å². The van der Waals surface area contributed by atoms with Crippen LogP contribution < -0.4 is 14.4 Å². The number of pyridine rings is 1. The molecular formula is C20H23N3O3. The molecule has 0 spiro atoms. The fourth-order valence-electron chi connectivity index (χ4n) is 3.62. The van der Waals surface area contributed by atoms with Crippen LogP contribution in [0.15, 0.2) is 42.6 Å². The Morgan fingerprint density at radius 3 is 2.92 bits per heavy atom. The molecule has 1 atom stereocenters. The third-order valence-corrected chi connectivity index (χ3v) is 5.03. The Morgan fingerprint density at radius 1 is 1.19 bits per heavy atom. The summed E-state index contributed by atoms with van der Waals surface area (Å²) in [6.45, 7) is 2.74. The first-order chi connectivity index (χ1) is 12.7. The van der Waals surface area contributed by atoms with E-state index in [0.717, 1.165) is 31.7 Å². The minimum absolute atomic E-state index is 0.0276. The van der Waals surface area contributed by atoms with Gasteiger partial charge in [0.2, 0.25) is 0 Å². The molecule has 1 saturated heterocycles. The van der Waals surface area contributed by atoms with Crippen LogP contribution in [0.2, 0.25) is 0 Å². The van der Waals surface area contributed by atoms with Crippen LogP contribution in [0.25, 0.3) is 0 Å². The van der Waals surface area contributed by atoms with Gasteiger partial charge in [0.25, 0.3) is 5.91 Å². The van der Waals surface area contributed by atoms with Crippen molar-refractivity contribution < 1.29 is 14.3 Å². The molecule has 2 aliphatic heterocycles. The Kier molecular flexibility index (Phi) is 4.65. The largest absolute Gasteiger partial charge is 0.486 e. The van der Waals surface area contributed by atoms with Crippen molar-refractivity contribution in [2.45, 2.75) is 18.9 Å². The number of ether oxygens (including phenoxy) is 2. The molecule has 2 aliphatic rings. The van der Waals surface area contributed by atoms with Gasteiger partial charge in [0.15, 0.2) is 11.5 Å². The molecule has 0 unspecified atom stereocenters. The average molecular weight is 353 g/mol. The lowest BCUT2D eigenvalue weighted by molar-refractivity contribution is 0.0707. The number of carbonyl (C=O) groups is 1. The molecule has 0 saturated carbocycles. The number of carbonyl (C=O) groups excluding carboxylic acids is 1. The molecule has 136 valence electrons. The van der Waals surface area contributed by atoms with Crippen molar-refractivity contribution in [3.05, 3.63) is 48.2 Å². The summed E-state index contributed by atoms with van der Waals surface area (Å²) in [5.41, 5.74) is 0.569. The van der Waals surface area contributed by atoms with E-state index in [4.69, 9.17) is 9.47 Å². The predicted octanol–water partition coefficient (Wildman–Crippen LogP) is 2.59. The highest BCUT2D eigenvalue weighted by atomic mass is 16.6. The highest BCUT2D eigenvalue weighted by Gasteiger charge is 2.30. The zero-order valence-corrected chi connectivity index (χ0v) is 14.9. The maximum Gasteiger partial charge on any atom is 0.257 e. The fourth-order valence-corrected chi connectivity index (χ4v) is 3.62. The van der Waals surface area contributed by atoms with E-state index in [1.165, 1.54) is 0 Å². The molecule has 0 bridgehead atoms. The topological polar surface area (TPSA) is 54.9 Å². The number of likely N-dealkylation sites (N-methyl/N-ethyl adjacent to an activating group) is 1. The van der Waals surface area contributed by atoms with Crippen LogP contribution in [0, 0.1) is 0 Å². The summed E-state index contributed by atoms with van der Waals surface area (Å²) < 4.78 is 11.3. The maximum absolute atomic E-state index is 13.1. The number of aromatic nitrogens is 1. The van der Waals surface area contributed by atoms with Gasteiger partial charge in [-0.15, -0.1) is 0 Å². The van der Waals surface area contributed by atoms with Crippen LogP contribution in [-0.4, -0.2) is 55.2 Å². The van der Waals surface area contributed by atoms with E-state index >= 15 is 0 Å². The normalized spacial score (nSPS) is 19.1. The third kappa shape index (κ3) is 3.19. The Hall–Kier alpha value is -2.76. The molecule has 0 radical (unpaired) electrons. The zero-order valence-electron chi connectivity index (χ0n) is 14.9. The van der Waals surface area contributed by atoms with E-state index < -0.39 is 0 Å². The van der Waals surface area contributed by atoms with Crippen LogP contribution in [0.3, 0.4) is 0 Å². The number of anilines is 1. The first kappa shape index (κ1) is 16.7. The van der Waals surface area contributed by atoms with Gasteiger partial charge in [-0.05, 0) is 37.1 Å². The smallest absolute Gasteiger partial charge is 0.257 e. The fraction of sp³-hybridized carbons (Fsp3) is 0.400. The average Bonchev–Trinajstić information content (AvgIpc) is 2.73. The summed E-state index contributed by atoms with van der Waals surface area (Å²) in [4.78, 5) is 21.6. The Balaban J connectivity index is 1.52. The van der Waals surface area contributed by atoms with Crippen LogP contribution >= 0.6 is 0 Å². The van der Waals surface area contributed by atoms with Crippen molar-refractivity contribution in [2.75, 3.05) is 38.3 Å². The summed E-state index contributed by atoms with van der Waals surface area (Å²) in [5.74, 6) is 2.15. The van der Waals surface area contributed by atoms with E-state index in [2.05, 4.69) is 9.88 Å². The number of rotatable bonds is 3. The minimum Gasteiger partial charge on any atom is -0.486 e. The van der Waals surface area contributed by atoms with Gasteiger partial charge < -0.3 is 19.3 Å². The molecule has 4 rings (SSSR count). The number of hydrogen-bond donors (Lipinski definition) is 0. The molecule has 0 aliphatic carbocycles. The quantitative estimate of drug-likeness (QED) is 0.849. The number of amides is 1. The van der Waals surface area contributed by atoms with Gasteiger partial charge in [0, 0.05) is 32.4 Å². The van der Waals surface area contributed by atoms with Gasteiger partial charge in [0.1, 0.15) is 19.0 Å². The minimum atomic E-state index is -0.0276. The van der Waals surface area contributed by atoms with Crippen molar-refractivity contribution >= 4 is 11.7 Å². The van der Waals surface area contributed by atoms with E-state index in [1.54, 1.807) is 6.20 Å². The third-order valence-electron chi connectivity index (χ3n) is 5.03. The van der Waals surface area contributed by atoms with Crippen LogP contribution in [0.1, 0.15) is 23.2 Å². The van der Waals surface area contributed by atoms with E-state index in [9.17, 15) is 4.79 Å². The van der Waals surface area contributed by atoms with E-state index in [1.807, 2.05) is 48.3 Å². The summed E-state index contributed by atoms with van der Waals surface area (Å²) in [6.07, 6.45) is 3.82. The van der Waals surface area contributed by atoms with Gasteiger partial charge in [-0.3, -0.25) is 4.79 Å². The summed E-state index contributed by atoms with van der Waals surface area (Å²) in [6, 6.07) is 11.6. The molecule has 1 amide bonds. The highest BCUT2D eigenvalue weighted by molar-refractivity contribution is 5.98. The van der Waals surface area contributed by atoms with Gasteiger partial charge in [-0.1, -0.05) is 12.1 Å². The van der Waals surface area contributed by atoms with Crippen molar-refractivity contribution in [3.63, 3.8) is 0 Å². The summed E-state index contributed by atoms with van der Waals surface area (Å²) >= 11 is 0. The number of para-hydroxylation sites is 1.